The van der Waals surface area contributed by atoms with Crippen LogP contribution in [0.5, 0.6) is 0 Å². The molecule has 0 radical (unpaired) electrons. The minimum absolute atomic E-state index is 0.0514. The van der Waals surface area contributed by atoms with Crippen molar-refractivity contribution >= 4 is 27.5 Å². The number of hydrogen-bond donors (Lipinski definition) is 1. The molecule has 0 fully saturated rings. The maximum atomic E-state index is 12.8. The third kappa shape index (κ3) is 3.87. The van der Waals surface area contributed by atoms with Gasteiger partial charge < -0.3 is 5.32 Å². The van der Waals surface area contributed by atoms with Crippen molar-refractivity contribution in [3.8, 4) is 10.4 Å². The van der Waals surface area contributed by atoms with Crippen molar-refractivity contribution < 1.29 is 4.79 Å². The van der Waals surface area contributed by atoms with E-state index in [4.69, 9.17) is 0 Å². The maximum absolute atomic E-state index is 12.8. The van der Waals surface area contributed by atoms with Crippen molar-refractivity contribution in [2.75, 3.05) is 0 Å². The van der Waals surface area contributed by atoms with Gasteiger partial charge in [-0.15, -0.1) is 11.3 Å². The highest BCUT2D eigenvalue weighted by Gasteiger charge is 2.12. The molecule has 0 spiro atoms. The van der Waals surface area contributed by atoms with Gasteiger partial charge in [0.1, 0.15) is 11.4 Å². The third-order valence-electron chi connectivity index (χ3n) is 4.50. The van der Waals surface area contributed by atoms with Gasteiger partial charge in [-0.05, 0) is 24.1 Å². The lowest BCUT2D eigenvalue weighted by atomic mass is 10.1. The zero-order valence-electron chi connectivity index (χ0n) is 15.4. The van der Waals surface area contributed by atoms with E-state index in [9.17, 15) is 9.59 Å². The molecule has 1 N–H and O–H groups in total. The molecule has 0 bridgehead atoms. The van der Waals surface area contributed by atoms with E-state index in [0.29, 0.717) is 16.8 Å². The van der Waals surface area contributed by atoms with E-state index in [0.717, 1.165) is 16.0 Å². The maximum Gasteiger partial charge on any atom is 0.262 e. The lowest BCUT2D eigenvalue weighted by molar-refractivity contribution is -0.121. The van der Waals surface area contributed by atoms with Crippen molar-refractivity contribution in [2.45, 2.75) is 20.0 Å². The smallest absolute Gasteiger partial charge is 0.262 e. The van der Waals surface area contributed by atoms with E-state index in [2.05, 4.69) is 10.3 Å². The Balaban J connectivity index is 1.50. The van der Waals surface area contributed by atoms with E-state index in [1.54, 1.807) is 0 Å². The number of aryl methyl sites for hydroxylation is 1. The third-order valence-corrected chi connectivity index (χ3v) is 5.59. The molecular weight excluding hydrogens is 370 g/mol. The molecule has 4 rings (SSSR count). The van der Waals surface area contributed by atoms with Crippen LogP contribution in [0.4, 0.5) is 0 Å². The second-order valence-electron chi connectivity index (χ2n) is 6.64. The Morgan fingerprint density at radius 3 is 2.61 bits per heavy atom. The van der Waals surface area contributed by atoms with Crippen molar-refractivity contribution in [3.63, 3.8) is 0 Å². The van der Waals surface area contributed by atoms with E-state index in [-0.39, 0.29) is 18.0 Å². The first-order valence-corrected chi connectivity index (χ1v) is 9.78. The molecule has 4 aromatic rings. The molecule has 140 valence electrons. The zero-order chi connectivity index (χ0) is 19.5. The van der Waals surface area contributed by atoms with Gasteiger partial charge in [0.15, 0.2) is 0 Å². The number of aromatic nitrogens is 2. The number of carbonyl (C=O) groups is 1. The van der Waals surface area contributed by atoms with Gasteiger partial charge >= 0.3 is 0 Å². The van der Waals surface area contributed by atoms with Crippen LogP contribution in [0.3, 0.4) is 0 Å². The number of carbonyl (C=O) groups excluding carboxylic acids is 1. The van der Waals surface area contributed by atoms with Crippen molar-refractivity contribution in [3.05, 3.63) is 88.5 Å². The van der Waals surface area contributed by atoms with Gasteiger partial charge in [-0.3, -0.25) is 14.2 Å². The summed E-state index contributed by atoms with van der Waals surface area (Å²) in [5, 5.41) is 3.39. The summed E-state index contributed by atoms with van der Waals surface area (Å²) in [6, 6.07) is 19.7. The molecule has 5 nitrogen and oxygen atoms in total. The van der Waals surface area contributed by atoms with Gasteiger partial charge in [0.2, 0.25) is 5.91 Å². The monoisotopic (exact) mass is 389 g/mol. The Bertz CT molecular complexity index is 1180. The quantitative estimate of drug-likeness (QED) is 0.565. The van der Waals surface area contributed by atoms with Gasteiger partial charge in [-0.25, -0.2) is 4.98 Å². The molecule has 1 amide bonds. The van der Waals surface area contributed by atoms with Crippen LogP contribution in [0.15, 0.2) is 71.8 Å². The van der Waals surface area contributed by atoms with Gasteiger partial charge in [0.05, 0.1) is 11.7 Å². The summed E-state index contributed by atoms with van der Waals surface area (Å²) >= 11 is 1.48. The molecular formula is C22H19N3O2S. The van der Waals surface area contributed by atoms with Crippen LogP contribution in [0.2, 0.25) is 0 Å². The second kappa shape index (κ2) is 7.78. The minimum Gasteiger partial charge on any atom is -0.350 e. The lowest BCUT2D eigenvalue weighted by Gasteiger charge is -2.07. The average Bonchev–Trinajstić information content (AvgIpc) is 3.16. The van der Waals surface area contributed by atoms with Crippen molar-refractivity contribution in [2.24, 2.45) is 0 Å². The summed E-state index contributed by atoms with van der Waals surface area (Å²) in [5.41, 5.74) is 3.04. The number of amides is 1. The SMILES string of the molecule is Cc1ccc(CNC(=O)Cn2cnc3sc(-c4ccccc4)cc3c2=O)cc1. The molecule has 0 saturated heterocycles. The summed E-state index contributed by atoms with van der Waals surface area (Å²) in [5.74, 6) is -0.220. The summed E-state index contributed by atoms with van der Waals surface area (Å²) in [7, 11) is 0. The first-order chi connectivity index (χ1) is 13.6. The Labute approximate surface area is 166 Å². The van der Waals surface area contributed by atoms with Crippen LogP contribution in [-0.2, 0) is 17.9 Å². The number of benzene rings is 2. The van der Waals surface area contributed by atoms with Gasteiger partial charge in [-0.2, -0.15) is 0 Å². The fourth-order valence-corrected chi connectivity index (χ4v) is 3.93. The molecule has 6 heteroatoms. The molecule has 0 saturated carbocycles. The Morgan fingerprint density at radius 1 is 1.11 bits per heavy atom. The number of nitrogens with one attached hydrogen (secondary N) is 1. The Hall–Kier alpha value is -3.25. The minimum atomic E-state index is -0.220. The highest BCUT2D eigenvalue weighted by molar-refractivity contribution is 7.21. The molecule has 0 aliphatic heterocycles. The molecule has 2 aromatic heterocycles. The van der Waals surface area contributed by atoms with Gasteiger partial charge in [-0.1, -0.05) is 60.2 Å². The molecule has 28 heavy (non-hydrogen) atoms. The fraction of sp³-hybridized carbons (Fsp3) is 0.136. The lowest BCUT2D eigenvalue weighted by Crippen LogP contribution is -2.32. The highest BCUT2D eigenvalue weighted by atomic mass is 32.1. The number of nitrogens with zero attached hydrogens (tertiary/aromatic N) is 2. The van der Waals surface area contributed by atoms with E-state index in [1.807, 2.05) is 67.6 Å². The van der Waals surface area contributed by atoms with E-state index >= 15 is 0 Å². The topological polar surface area (TPSA) is 64.0 Å². The number of hydrogen-bond acceptors (Lipinski definition) is 4. The largest absolute Gasteiger partial charge is 0.350 e. The predicted octanol–water partition coefficient (Wildman–Crippen LogP) is 3.75. The summed E-state index contributed by atoms with van der Waals surface area (Å²) in [6.45, 7) is 2.40. The normalized spacial score (nSPS) is 10.9. The van der Waals surface area contributed by atoms with Crippen molar-refractivity contribution in [1.29, 1.82) is 0 Å². The summed E-state index contributed by atoms with van der Waals surface area (Å²) in [6.07, 6.45) is 1.45. The van der Waals surface area contributed by atoms with E-state index in [1.165, 1.54) is 27.8 Å². The number of rotatable bonds is 5. The first kappa shape index (κ1) is 18.1. The van der Waals surface area contributed by atoms with Crippen LogP contribution in [0, 0.1) is 6.92 Å². The van der Waals surface area contributed by atoms with Crippen LogP contribution in [-0.4, -0.2) is 15.5 Å². The van der Waals surface area contributed by atoms with Gasteiger partial charge in [0.25, 0.3) is 5.56 Å². The van der Waals surface area contributed by atoms with Crippen LogP contribution >= 0.6 is 11.3 Å². The Kier molecular flexibility index (Phi) is 5.04. The predicted molar refractivity (Wildman–Crippen MR) is 112 cm³/mol. The molecule has 0 aliphatic rings. The zero-order valence-corrected chi connectivity index (χ0v) is 16.2. The average molecular weight is 389 g/mol. The standard InChI is InChI=1S/C22H19N3O2S/c1-15-7-9-16(10-8-15)12-23-20(26)13-25-14-24-21-18(22(25)27)11-19(28-21)17-5-3-2-4-6-17/h2-11,14H,12-13H2,1H3,(H,23,26). The highest BCUT2D eigenvalue weighted by Crippen LogP contribution is 2.30. The molecule has 0 aliphatic carbocycles. The van der Waals surface area contributed by atoms with Crippen LogP contribution < -0.4 is 10.9 Å². The van der Waals surface area contributed by atoms with Crippen LogP contribution in [0.25, 0.3) is 20.7 Å². The molecule has 0 unspecified atom stereocenters. The summed E-state index contributed by atoms with van der Waals surface area (Å²) < 4.78 is 1.36. The first-order valence-electron chi connectivity index (χ1n) is 8.97. The molecule has 2 aromatic carbocycles. The number of thiophene rings is 1. The summed E-state index contributed by atoms with van der Waals surface area (Å²) in [4.78, 5) is 31.1. The Morgan fingerprint density at radius 2 is 1.86 bits per heavy atom. The number of fused-ring (bicyclic) bond motifs is 1. The van der Waals surface area contributed by atoms with Gasteiger partial charge in [0, 0.05) is 11.4 Å². The van der Waals surface area contributed by atoms with Crippen molar-refractivity contribution in [1.82, 2.24) is 14.9 Å². The van der Waals surface area contributed by atoms with Crippen LogP contribution in [0.1, 0.15) is 11.1 Å². The van der Waals surface area contributed by atoms with E-state index < -0.39 is 0 Å². The molecule has 0 atom stereocenters. The second-order valence-corrected chi connectivity index (χ2v) is 7.67. The fourth-order valence-electron chi connectivity index (χ4n) is 2.93. The molecule has 2 heterocycles.